The van der Waals surface area contributed by atoms with Crippen LogP contribution in [0.3, 0.4) is 0 Å². The summed E-state index contributed by atoms with van der Waals surface area (Å²) < 4.78 is 34.5. The number of benzene rings is 2. The van der Waals surface area contributed by atoms with E-state index in [1.54, 1.807) is 18.2 Å². The number of furan rings is 1. The van der Waals surface area contributed by atoms with Crippen LogP contribution in [0.15, 0.2) is 51.8 Å². The number of hydrogen-bond donors (Lipinski definition) is 2. The lowest BCUT2D eigenvalue weighted by Crippen LogP contribution is -2.45. The first kappa shape index (κ1) is 19.4. The van der Waals surface area contributed by atoms with Gasteiger partial charge in [0.2, 0.25) is 10.0 Å². The van der Waals surface area contributed by atoms with Crippen LogP contribution >= 0.6 is 0 Å². The minimum Gasteiger partial charge on any atom is -0.456 e. The highest BCUT2D eigenvalue weighted by Gasteiger charge is 2.41. The van der Waals surface area contributed by atoms with Crippen molar-refractivity contribution in [3.8, 4) is 0 Å². The number of fused-ring (bicyclic) bond motifs is 3. The van der Waals surface area contributed by atoms with Crippen molar-refractivity contribution in [3.05, 3.63) is 42.5 Å². The molecule has 0 amide bonds. The van der Waals surface area contributed by atoms with E-state index in [1.165, 1.54) is 0 Å². The molecule has 6 heteroatoms. The molecule has 3 aromatic rings. The van der Waals surface area contributed by atoms with Crippen LogP contribution in [0.1, 0.15) is 40.0 Å². The smallest absolute Gasteiger partial charge is 0.240 e. The molecule has 1 heterocycles. The van der Waals surface area contributed by atoms with Gasteiger partial charge >= 0.3 is 0 Å². The fourth-order valence-corrected chi connectivity index (χ4v) is 6.16. The first-order valence-corrected chi connectivity index (χ1v) is 11.1. The summed E-state index contributed by atoms with van der Waals surface area (Å²) in [6.45, 7) is 6.60. The SMILES string of the molecule is CC1(C)C[C@H](O)C[C@@](C)(CNS(=O)(=O)c2ccc3oc4ccccc4c3c2)C1. The Balaban J connectivity index is 1.61. The van der Waals surface area contributed by atoms with E-state index in [0.29, 0.717) is 18.5 Å². The average Bonchev–Trinajstić information content (AvgIpc) is 2.96. The largest absolute Gasteiger partial charge is 0.456 e. The molecule has 0 aliphatic heterocycles. The zero-order valence-electron chi connectivity index (χ0n) is 16.5. The molecule has 0 spiro atoms. The maximum Gasteiger partial charge on any atom is 0.240 e. The Morgan fingerprint density at radius 1 is 1.07 bits per heavy atom. The normalized spacial score (nSPS) is 25.4. The number of rotatable bonds is 4. The molecule has 28 heavy (non-hydrogen) atoms. The van der Waals surface area contributed by atoms with Crippen LogP contribution in [0.25, 0.3) is 21.9 Å². The Morgan fingerprint density at radius 3 is 2.54 bits per heavy atom. The van der Waals surface area contributed by atoms with E-state index < -0.39 is 16.1 Å². The molecular weight excluding hydrogens is 374 g/mol. The molecule has 1 saturated carbocycles. The van der Waals surface area contributed by atoms with E-state index in [1.807, 2.05) is 31.2 Å². The minimum absolute atomic E-state index is 0.00746. The predicted molar refractivity (Wildman–Crippen MR) is 111 cm³/mol. The van der Waals surface area contributed by atoms with Crippen molar-refractivity contribution >= 4 is 32.0 Å². The average molecular weight is 402 g/mol. The van der Waals surface area contributed by atoms with Gasteiger partial charge in [0.15, 0.2) is 0 Å². The Labute approximate surface area is 165 Å². The second-order valence-electron chi connectivity index (χ2n) is 9.29. The molecule has 5 nitrogen and oxygen atoms in total. The van der Waals surface area contributed by atoms with E-state index in [2.05, 4.69) is 18.6 Å². The van der Waals surface area contributed by atoms with E-state index in [-0.39, 0.29) is 15.7 Å². The number of aliphatic hydroxyl groups is 1. The van der Waals surface area contributed by atoms with Crippen molar-refractivity contribution in [2.24, 2.45) is 10.8 Å². The number of nitrogens with one attached hydrogen (secondary N) is 1. The quantitative estimate of drug-likeness (QED) is 0.677. The molecule has 0 radical (unpaired) electrons. The Kier molecular flexibility index (Phi) is 4.56. The lowest BCUT2D eigenvalue weighted by molar-refractivity contribution is -0.00657. The zero-order chi connectivity index (χ0) is 20.2. The highest BCUT2D eigenvalue weighted by atomic mass is 32.2. The molecule has 150 valence electrons. The Hall–Kier alpha value is -1.89. The van der Waals surface area contributed by atoms with Gasteiger partial charge in [0.1, 0.15) is 11.2 Å². The van der Waals surface area contributed by atoms with Crippen LogP contribution in [0.4, 0.5) is 0 Å². The molecule has 2 N–H and O–H groups in total. The summed E-state index contributed by atoms with van der Waals surface area (Å²) in [6, 6.07) is 12.6. The van der Waals surface area contributed by atoms with Gasteiger partial charge in [0.05, 0.1) is 11.0 Å². The Bertz CT molecular complexity index is 1130. The number of sulfonamides is 1. The van der Waals surface area contributed by atoms with Gasteiger partial charge in [-0.05, 0) is 54.4 Å². The topological polar surface area (TPSA) is 79.5 Å². The first-order valence-electron chi connectivity index (χ1n) is 9.66. The molecule has 1 aliphatic carbocycles. The molecule has 2 atom stereocenters. The van der Waals surface area contributed by atoms with Crippen molar-refractivity contribution in [1.82, 2.24) is 4.72 Å². The van der Waals surface area contributed by atoms with E-state index in [0.717, 1.165) is 29.2 Å². The number of para-hydroxylation sites is 1. The highest BCUT2D eigenvalue weighted by Crippen LogP contribution is 2.45. The van der Waals surface area contributed by atoms with E-state index in [4.69, 9.17) is 4.42 Å². The molecule has 2 aromatic carbocycles. The maximum atomic E-state index is 13.0. The van der Waals surface area contributed by atoms with Gasteiger partial charge in [-0.3, -0.25) is 0 Å². The predicted octanol–water partition coefficient (Wildman–Crippen LogP) is 4.44. The van der Waals surface area contributed by atoms with Crippen molar-refractivity contribution in [3.63, 3.8) is 0 Å². The van der Waals surface area contributed by atoms with Crippen molar-refractivity contribution in [2.45, 2.75) is 51.0 Å². The standard InChI is InChI=1S/C22H27NO4S/c1-21(2)11-15(24)12-22(3,13-21)14-23-28(25,26)16-8-9-20-18(10-16)17-6-4-5-7-19(17)27-20/h4-10,15,23-24H,11-14H2,1-3H3/t15-,22+/m0/s1. The third kappa shape index (κ3) is 3.69. The zero-order valence-corrected chi connectivity index (χ0v) is 17.3. The molecule has 1 fully saturated rings. The van der Waals surface area contributed by atoms with Gasteiger partial charge in [-0.15, -0.1) is 0 Å². The van der Waals surface area contributed by atoms with Crippen LogP contribution in [0, 0.1) is 10.8 Å². The van der Waals surface area contributed by atoms with Gasteiger partial charge in [-0.1, -0.05) is 39.0 Å². The second-order valence-corrected chi connectivity index (χ2v) is 11.1. The molecule has 0 saturated heterocycles. The molecule has 0 bridgehead atoms. The summed E-state index contributed by atoms with van der Waals surface area (Å²) in [5, 5.41) is 11.9. The lowest BCUT2D eigenvalue weighted by Gasteiger charge is -2.45. The monoisotopic (exact) mass is 401 g/mol. The van der Waals surface area contributed by atoms with E-state index in [9.17, 15) is 13.5 Å². The van der Waals surface area contributed by atoms with Gasteiger partial charge in [0.25, 0.3) is 0 Å². The first-order chi connectivity index (χ1) is 13.1. The molecule has 1 aromatic heterocycles. The summed E-state index contributed by atoms with van der Waals surface area (Å²) in [7, 11) is -3.66. The van der Waals surface area contributed by atoms with Crippen LogP contribution in [0.2, 0.25) is 0 Å². The number of hydrogen-bond acceptors (Lipinski definition) is 4. The summed E-state index contributed by atoms with van der Waals surface area (Å²) in [4.78, 5) is 0.228. The van der Waals surface area contributed by atoms with Gasteiger partial charge < -0.3 is 9.52 Å². The molecular formula is C22H27NO4S. The fraction of sp³-hybridized carbons (Fsp3) is 0.455. The maximum absolute atomic E-state index is 13.0. The fourth-order valence-electron chi connectivity index (χ4n) is 4.94. The van der Waals surface area contributed by atoms with Crippen LogP contribution in [0.5, 0.6) is 0 Å². The molecule has 1 aliphatic rings. The van der Waals surface area contributed by atoms with Crippen molar-refractivity contribution < 1.29 is 17.9 Å². The highest BCUT2D eigenvalue weighted by molar-refractivity contribution is 7.89. The van der Waals surface area contributed by atoms with Crippen LogP contribution in [-0.2, 0) is 10.0 Å². The second kappa shape index (κ2) is 6.58. The summed E-state index contributed by atoms with van der Waals surface area (Å²) in [5.41, 5.74) is 1.13. The Morgan fingerprint density at radius 2 is 1.79 bits per heavy atom. The van der Waals surface area contributed by atoms with Gasteiger partial charge in [-0.2, -0.15) is 0 Å². The summed E-state index contributed by atoms with van der Waals surface area (Å²) >= 11 is 0. The lowest BCUT2D eigenvalue weighted by atomic mass is 9.63. The van der Waals surface area contributed by atoms with Crippen LogP contribution < -0.4 is 4.72 Å². The minimum atomic E-state index is -3.66. The number of aliphatic hydroxyl groups excluding tert-OH is 1. The van der Waals surface area contributed by atoms with Gasteiger partial charge in [-0.25, -0.2) is 13.1 Å². The third-order valence-electron chi connectivity index (χ3n) is 5.77. The van der Waals surface area contributed by atoms with Crippen molar-refractivity contribution in [1.29, 1.82) is 0 Å². The van der Waals surface area contributed by atoms with Gasteiger partial charge in [0, 0.05) is 17.3 Å². The summed E-state index contributed by atoms with van der Waals surface area (Å²) in [6.07, 6.45) is 1.82. The molecule has 0 unspecified atom stereocenters. The van der Waals surface area contributed by atoms with Crippen molar-refractivity contribution in [2.75, 3.05) is 6.54 Å². The third-order valence-corrected chi connectivity index (χ3v) is 7.17. The summed E-state index contributed by atoms with van der Waals surface area (Å²) in [5.74, 6) is 0. The molecule has 4 rings (SSSR count). The van der Waals surface area contributed by atoms with Crippen LogP contribution in [-0.4, -0.2) is 26.2 Å². The van der Waals surface area contributed by atoms with E-state index >= 15 is 0 Å².